The van der Waals surface area contributed by atoms with Crippen LogP contribution in [0.15, 0.2) is 0 Å². The van der Waals surface area contributed by atoms with Gasteiger partial charge in [0.15, 0.2) is 0 Å². The van der Waals surface area contributed by atoms with E-state index in [0.717, 1.165) is 19.3 Å². The number of nitrogens with one attached hydrogen (secondary N) is 1. The summed E-state index contributed by atoms with van der Waals surface area (Å²) >= 11 is 0. The zero-order valence-electron chi connectivity index (χ0n) is 9.94. The van der Waals surface area contributed by atoms with Crippen LogP contribution in [0.3, 0.4) is 0 Å². The molecule has 1 fully saturated rings. The van der Waals surface area contributed by atoms with E-state index >= 15 is 0 Å². The van der Waals surface area contributed by atoms with Crippen LogP contribution in [0, 0.1) is 0 Å². The maximum absolute atomic E-state index is 11.9. The van der Waals surface area contributed by atoms with Crippen LogP contribution in [0.1, 0.15) is 19.3 Å². The summed E-state index contributed by atoms with van der Waals surface area (Å²) in [5.41, 5.74) is 0. The molecule has 1 aliphatic rings. The minimum atomic E-state index is -3.04. The third-order valence-corrected chi connectivity index (χ3v) is 4.60. The molecule has 0 aromatic carbocycles. The highest BCUT2D eigenvalue weighted by molar-refractivity contribution is 7.89. The lowest BCUT2D eigenvalue weighted by Gasteiger charge is -2.25. The standard InChI is InChI=1S/C10H22N2O3S/c1-15-9-5-11-6-10-16(13,14)12-7-3-2-4-8-12/h11H,2-10H2,1H3. The number of piperidine rings is 1. The summed E-state index contributed by atoms with van der Waals surface area (Å²) in [6.07, 6.45) is 3.14. The van der Waals surface area contributed by atoms with Crippen molar-refractivity contribution in [2.24, 2.45) is 0 Å². The van der Waals surface area contributed by atoms with Crippen LogP contribution in [0.25, 0.3) is 0 Å². The molecule has 1 aliphatic heterocycles. The molecular formula is C10H22N2O3S. The van der Waals surface area contributed by atoms with Gasteiger partial charge in [-0.2, -0.15) is 0 Å². The molecule has 96 valence electrons. The predicted molar refractivity (Wildman–Crippen MR) is 64.0 cm³/mol. The molecule has 1 rings (SSSR count). The van der Waals surface area contributed by atoms with E-state index < -0.39 is 10.0 Å². The Labute approximate surface area is 98.2 Å². The summed E-state index contributed by atoms with van der Waals surface area (Å²) in [7, 11) is -1.41. The van der Waals surface area contributed by atoms with Crippen molar-refractivity contribution in [1.82, 2.24) is 9.62 Å². The normalized spacial score (nSPS) is 18.8. The van der Waals surface area contributed by atoms with Gasteiger partial charge in [-0.25, -0.2) is 12.7 Å². The summed E-state index contributed by atoms with van der Waals surface area (Å²) in [6.45, 7) is 3.21. The number of ether oxygens (including phenoxy) is 1. The van der Waals surface area contributed by atoms with Crippen LogP contribution in [-0.4, -0.2) is 58.4 Å². The maximum Gasteiger partial charge on any atom is 0.215 e. The summed E-state index contributed by atoms with van der Waals surface area (Å²) in [4.78, 5) is 0. The molecule has 1 heterocycles. The molecule has 6 heteroatoms. The lowest BCUT2D eigenvalue weighted by Crippen LogP contribution is -2.39. The zero-order chi connectivity index (χ0) is 11.9. The number of hydrogen-bond donors (Lipinski definition) is 1. The van der Waals surface area contributed by atoms with Gasteiger partial charge in [0.05, 0.1) is 12.4 Å². The molecule has 0 amide bonds. The van der Waals surface area contributed by atoms with Crippen molar-refractivity contribution < 1.29 is 13.2 Å². The third-order valence-electron chi connectivity index (χ3n) is 2.73. The van der Waals surface area contributed by atoms with Gasteiger partial charge in [-0.15, -0.1) is 0 Å². The number of rotatable bonds is 7. The second-order valence-corrected chi connectivity index (χ2v) is 6.11. The first-order valence-corrected chi connectivity index (χ1v) is 7.45. The topological polar surface area (TPSA) is 58.6 Å². The first-order valence-electron chi connectivity index (χ1n) is 5.84. The fourth-order valence-electron chi connectivity index (χ4n) is 1.77. The highest BCUT2D eigenvalue weighted by atomic mass is 32.2. The lowest BCUT2D eigenvalue weighted by molar-refractivity contribution is 0.200. The Hall–Kier alpha value is -0.170. The van der Waals surface area contributed by atoms with Gasteiger partial charge in [-0.3, -0.25) is 0 Å². The van der Waals surface area contributed by atoms with Crippen LogP contribution in [0.5, 0.6) is 0 Å². The van der Waals surface area contributed by atoms with E-state index in [9.17, 15) is 8.42 Å². The molecule has 0 aromatic heterocycles. The fraction of sp³-hybridized carbons (Fsp3) is 1.00. The molecule has 0 aromatic rings. The minimum absolute atomic E-state index is 0.191. The number of nitrogens with zero attached hydrogens (tertiary/aromatic N) is 1. The van der Waals surface area contributed by atoms with Crippen molar-refractivity contribution in [3.63, 3.8) is 0 Å². The number of methoxy groups -OCH3 is 1. The smallest absolute Gasteiger partial charge is 0.215 e. The van der Waals surface area contributed by atoms with E-state index in [-0.39, 0.29) is 5.75 Å². The molecule has 0 saturated carbocycles. The van der Waals surface area contributed by atoms with E-state index in [1.54, 1.807) is 11.4 Å². The minimum Gasteiger partial charge on any atom is -0.383 e. The SMILES string of the molecule is COCCNCCS(=O)(=O)N1CCCCC1. The van der Waals surface area contributed by atoms with Crippen LogP contribution in [0.2, 0.25) is 0 Å². The van der Waals surface area contributed by atoms with Gasteiger partial charge in [-0.1, -0.05) is 6.42 Å². The molecule has 0 unspecified atom stereocenters. The first-order chi connectivity index (χ1) is 7.67. The van der Waals surface area contributed by atoms with Crippen LogP contribution in [-0.2, 0) is 14.8 Å². The van der Waals surface area contributed by atoms with Gasteiger partial charge >= 0.3 is 0 Å². The second-order valence-electron chi connectivity index (χ2n) is 4.02. The molecule has 0 aliphatic carbocycles. The van der Waals surface area contributed by atoms with Gasteiger partial charge in [0.2, 0.25) is 10.0 Å². The average Bonchev–Trinajstić information content (AvgIpc) is 2.30. The second kappa shape index (κ2) is 7.21. The number of hydrogen-bond acceptors (Lipinski definition) is 4. The Balaban J connectivity index is 2.22. The van der Waals surface area contributed by atoms with Gasteiger partial charge in [-0.05, 0) is 12.8 Å². The molecule has 0 atom stereocenters. The van der Waals surface area contributed by atoms with E-state index in [1.807, 2.05) is 0 Å². The van der Waals surface area contributed by atoms with Crippen molar-refractivity contribution in [3.05, 3.63) is 0 Å². The van der Waals surface area contributed by atoms with Crippen molar-refractivity contribution in [2.75, 3.05) is 45.6 Å². The van der Waals surface area contributed by atoms with Gasteiger partial charge in [0.25, 0.3) is 0 Å². The summed E-state index contributed by atoms with van der Waals surface area (Å²) in [5, 5.41) is 3.05. The Bertz CT molecular complexity index is 274. The zero-order valence-corrected chi connectivity index (χ0v) is 10.8. The van der Waals surface area contributed by atoms with Gasteiger partial charge in [0.1, 0.15) is 0 Å². The quantitative estimate of drug-likeness (QED) is 0.648. The van der Waals surface area contributed by atoms with Crippen LogP contribution in [0.4, 0.5) is 0 Å². The van der Waals surface area contributed by atoms with E-state index in [1.165, 1.54) is 0 Å². The monoisotopic (exact) mass is 250 g/mol. The van der Waals surface area contributed by atoms with Gasteiger partial charge in [0, 0.05) is 33.3 Å². The molecule has 16 heavy (non-hydrogen) atoms. The Morgan fingerprint density at radius 3 is 2.50 bits per heavy atom. The molecule has 0 radical (unpaired) electrons. The largest absolute Gasteiger partial charge is 0.383 e. The number of sulfonamides is 1. The van der Waals surface area contributed by atoms with Gasteiger partial charge < -0.3 is 10.1 Å². The molecule has 0 spiro atoms. The van der Waals surface area contributed by atoms with Crippen LogP contribution >= 0.6 is 0 Å². The highest BCUT2D eigenvalue weighted by Crippen LogP contribution is 2.12. The van der Waals surface area contributed by atoms with Crippen molar-refractivity contribution in [1.29, 1.82) is 0 Å². The van der Waals surface area contributed by atoms with Crippen molar-refractivity contribution in [3.8, 4) is 0 Å². The van der Waals surface area contributed by atoms with Crippen molar-refractivity contribution >= 4 is 10.0 Å². The molecular weight excluding hydrogens is 228 g/mol. The Morgan fingerprint density at radius 1 is 1.19 bits per heavy atom. The average molecular weight is 250 g/mol. The summed E-state index contributed by atoms with van der Waals surface area (Å²) < 4.78 is 30.2. The maximum atomic E-state index is 11.9. The summed E-state index contributed by atoms with van der Waals surface area (Å²) in [5.74, 6) is 0.191. The molecule has 1 saturated heterocycles. The lowest BCUT2D eigenvalue weighted by atomic mass is 10.2. The Kier molecular flexibility index (Phi) is 6.26. The van der Waals surface area contributed by atoms with Crippen molar-refractivity contribution in [2.45, 2.75) is 19.3 Å². The van der Waals surface area contributed by atoms with Crippen LogP contribution < -0.4 is 5.32 Å². The fourth-order valence-corrected chi connectivity index (χ4v) is 3.25. The highest BCUT2D eigenvalue weighted by Gasteiger charge is 2.22. The molecule has 5 nitrogen and oxygen atoms in total. The van der Waals surface area contributed by atoms with E-state index in [0.29, 0.717) is 32.8 Å². The molecule has 1 N–H and O–H groups in total. The Morgan fingerprint density at radius 2 is 1.88 bits per heavy atom. The third kappa shape index (κ3) is 4.78. The predicted octanol–water partition coefficient (Wildman–Crippen LogP) is 0.0381. The molecule has 0 bridgehead atoms. The van der Waals surface area contributed by atoms with E-state index in [2.05, 4.69) is 5.32 Å². The first kappa shape index (κ1) is 13.9. The van der Waals surface area contributed by atoms with E-state index in [4.69, 9.17) is 4.74 Å². The summed E-state index contributed by atoms with van der Waals surface area (Å²) in [6, 6.07) is 0.